The lowest BCUT2D eigenvalue weighted by Gasteiger charge is -2.27. The first-order valence-electron chi connectivity index (χ1n) is 28.2. The molecule has 8 aromatic carbocycles. The van der Waals surface area contributed by atoms with Crippen LogP contribution in [0.15, 0.2) is 200 Å². The molecule has 0 aliphatic rings. The first-order valence-corrected chi connectivity index (χ1v) is 23.7. The Morgan fingerprint density at radius 1 is 0.429 bits per heavy atom. The van der Waals surface area contributed by atoms with E-state index in [2.05, 4.69) is 143 Å². The molecular weight excluding hydrogens is 851 g/mol. The normalized spacial score (nSPS) is 14.6. The molecule has 346 valence electrons. The maximum atomic E-state index is 12.7. The van der Waals surface area contributed by atoms with Crippen LogP contribution in [0.5, 0.6) is 5.75 Å². The maximum Gasteiger partial charge on any atom is 0.149 e. The fourth-order valence-electron chi connectivity index (χ4n) is 9.37. The average Bonchev–Trinajstić information content (AvgIpc) is 3.14. The van der Waals surface area contributed by atoms with Crippen molar-refractivity contribution < 1.29 is 17.4 Å². The first kappa shape index (κ1) is 36.2. The number of fused-ring (bicyclic) bond motifs is 1. The fraction of sp³-hybridized carbons (Fsp3) is 0.182. The summed E-state index contributed by atoms with van der Waals surface area (Å²) in [6.45, 7) is 2.75. The van der Waals surface area contributed by atoms with E-state index < -0.39 is 31.4 Å². The molecule has 0 radical (unpaired) electrons. The van der Waals surface area contributed by atoms with Gasteiger partial charge in [-0.2, -0.15) is 0 Å². The van der Waals surface area contributed by atoms with Crippen LogP contribution in [0, 0.1) is 0 Å². The van der Waals surface area contributed by atoms with Crippen molar-refractivity contribution in [1.29, 1.82) is 0 Å². The Hall–Kier alpha value is -7.82. The predicted octanol–water partition coefficient (Wildman–Crippen LogP) is 17.7. The summed E-state index contributed by atoms with van der Waals surface area (Å²) in [4.78, 5) is 10.5. The molecule has 1 N–H and O–H groups in total. The molecule has 0 bridgehead atoms. The standard InChI is InChI=1S/C66H61N3O/c1-64(2,3)52-31-28-45(29-32-52)48-34-35-67-58(40-48)51-37-49(44-22-15-11-16-23-44)36-50(38-51)54-26-19-27-60-61(54)68-63(56-41-53(65(4,5)6)42-57(62(56)70)66(7,8)9)69(60)59-33-30-47(43-20-13-10-14-21-43)39-55(59)46-24-17-12-18-25-46/h10-42,70H,1-9H3/i1D3,2D3,3D3. The summed E-state index contributed by atoms with van der Waals surface area (Å²) >= 11 is 0. The fourth-order valence-corrected chi connectivity index (χ4v) is 9.37. The van der Waals surface area contributed by atoms with Crippen LogP contribution in [-0.2, 0) is 16.2 Å². The first-order chi connectivity index (χ1) is 37.3. The zero-order valence-electron chi connectivity index (χ0n) is 49.3. The summed E-state index contributed by atoms with van der Waals surface area (Å²) in [6.07, 6.45) is 1.68. The van der Waals surface area contributed by atoms with Crippen LogP contribution in [0.1, 0.15) is 91.1 Å². The van der Waals surface area contributed by atoms with E-state index in [1.54, 1.807) is 24.4 Å². The number of hydrogen-bond donors (Lipinski definition) is 1. The summed E-state index contributed by atoms with van der Waals surface area (Å²) in [5, 5.41) is 12.7. The van der Waals surface area contributed by atoms with Gasteiger partial charge in [0, 0.05) is 40.8 Å². The Kier molecular flexibility index (Phi) is 9.27. The highest BCUT2D eigenvalue weighted by Gasteiger charge is 2.29. The molecule has 0 aliphatic heterocycles. The lowest BCUT2D eigenvalue weighted by molar-refractivity contribution is 0.446. The van der Waals surface area contributed by atoms with E-state index in [0.29, 0.717) is 33.7 Å². The number of phenols is 1. The van der Waals surface area contributed by atoms with Gasteiger partial charge in [-0.05, 0) is 126 Å². The SMILES string of the molecule is [2H]C([2H])([2H])C(c1ccc(-c2ccnc(-c3cc(-c4ccccc4)cc(-c4cccc5c4nc(-c4cc(C(C)(C)C)cc(C(C)(C)C)c4O)n5-c4ccc(-c5ccccc5)cc4-c4ccccc4)c3)c2)cc1)(C([2H])([2H])[2H])C([2H])([2H])[2H]. The average molecular weight is 921 g/mol. The van der Waals surface area contributed by atoms with Gasteiger partial charge in [0.2, 0.25) is 0 Å². The van der Waals surface area contributed by atoms with Gasteiger partial charge in [-0.15, -0.1) is 0 Å². The number of aromatic hydroxyl groups is 1. The molecule has 2 aromatic heterocycles. The van der Waals surface area contributed by atoms with Crippen molar-refractivity contribution in [2.45, 2.75) is 78.3 Å². The molecular formula is C66H61N3O. The van der Waals surface area contributed by atoms with E-state index in [1.807, 2.05) is 66.7 Å². The minimum atomic E-state index is -3.38. The summed E-state index contributed by atoms with van der Waals surface area (Å²) in [7, 11) is 0. The van der Waals surface area contributed by atoms with E-state index in [9.17, 15) is 5.11 Å². The Balaban J connectivity index is 1.21. The van der Waals surface area contributed by atoms with Crippen molar-refractivity contribution in [3.8, 4) is 89.7 Å². The summed E-state index contributed by atoms with van der Waals surface area (Å²) in [5.41, 5.74) is 11.2. The molecule has 0 unspecified atom stereocenters. The van der Waals surface area contributed by atoms with Crippen LogP contribution in [-0.4, -0.2) is 19.6 Å². The molecule has 0 saturated carbocycles. The molecule has 10 rings (SSSR count). The van der Waals surface area contributed by atoms with Gasteiger partial charge < -0.3 is 5.11 Å². The van der Waals surface area contributed by atoms with Gasteiger partial charge in [0.15, 0.2) is 0 Å². The van der Waals surface area contributed by atoms with E-state index in [4.69, 9.17) is 22.3 Å². The van der Waals surface area contributed by atoms with Crippen molar-refractivity contribution in [3.63, 3.8) is 0 Å². The van der Waals surface area contributed by atoms with Crippen molar-refractivity contribution in [2.75, 3.05) is 0 Å². The molecule has 10 aromatic rings. The lowest BCUT2D eigenvalue weighted by Crippen LogP contribution is -2.17. The second-order valence-electron chi connectivity index (χ2n) is 20.3. The molecule has 2 heterocycles. The maximum absolute atomic E-state index is 12.7. The number of phenolic OH excluding ortho intramolecular Hbond substituents is 1. The van der Waals surface area contributed by atoms with Gasteiger partial charge in [-0.25, -0.2) is 4.98 Å². The number of benzene rings is 8. The zero-order chi connectivity index (χ0) is 56.5. The topological polar surface area (TPSA) is 50.9 Å². The number of para-hydroxylation sites is 1. The molecule has 4 heteroatoms. The zero-order valence-corrected chi connectivity index (χ0v) is 40.3. The van der Waals surface area contributed by atoms with Gasteiger partial charge in [0.1, 0.15) is 11.6 Å². The number of pyridine rings is 1. The highest BCUT2D eigenvalue weighted by atomic mass is 16.3. The van der Waals surface area contributed by atoms with Crippen LogP contribution in [0.2, 0.25) is 0 Å². The second kappa shape index (κ2) is 17.9. The summed E-state index contributed by atoms with van der Waals surface area (Å²) < 4.78 is 76.4. The van der Waals surface area contributed by atoms with Crippen LogP contribution in [0.25, 0.3) is 95.0 Å². The van der Waals surface area contributed by atoms with Gasteiger partial charge in [-0.1, -0.05) is 202 Å². The largest absolute Gasteiger partial charge is 0.507 e. The number of rotatable bonds is 8. The molecule has 0 amide bonds. The quantitative estimate of drug-likeness (QED) is 0.165. The van der Waals surface area contributed by atoms with Crippen molar-refractivity contribution in [2.24, 2.45) is 0 Å². The Labute approximate surface area is 426 Å². The smallest absolute Gasteiger partial charge is 0.149 e. The van der Waals surface area contributed by atoms with Crippen molar-refractivity contribution in [3.05, 3.63) is 217 Å². The molecule has 0 aliphatic carbocycles. The van der Waals surface area contributed by atoms with Gasteiger partial charge >= 0.3 is 0 Å². The minimum absolute atomic E-state index is 0.167. The lowest BCUT2D eigenvalue weighted by atomic mass is 9.79. The number of hydrogen-bond acceptors (Lipinski definition) is 3. The van der Waals surface area contributed by atoms with Gasteiger partial charge in [-0.3, -0.25) is 9.55 Å². The van der Waals surface area contributed by atoms with E-state index in [-0.39, 0.29) is 16.7 Å². The highest BCUT2D eigenvalue weighted by molar-refractivity contribution is 5.99. The van der Waals surface area contributed by atoms with Gasteiger partial charge in [0.25, 0.3) is 0 Å². The Morgan fingerprint density at radius 2 is 1.01 bits per heavy atom. The number of aromatic nitrogens is 3. The van der Waals surface area contributed by atoms with E-state index in [0.717, 1.165) is 72.4 Å². The van der Waals surface area contributed by atoms with E-state index >= 15 is 0 Å². The minimum Gasteiger partial charge on any atom is -0.507 e. The van der Waals surface area contributed by atoms with Crippen LogP contribution >= 0.6 is 0 Å². The third kappa shape index (κ3) is 8.98. The molecule has 0 fully saturated rings. The Morgan fingerprint density at radius 3 is 1.66 bits per heavy atom. The van der Waals surface area contributed by atoms with E-state index in [1.165, 1.54) is 12.1 Å². The molecule has 0 atom stereocenters. The molecule has 0 spiro atoms. The van der Waals surface area contributed by atoms with Crippen LogP contribution in [0.4, 0.5) is 0 Å². The predicted molar refractivity (Wildman–Crippen MR) is 295 cm³/mol. The molecule has 70 heavy (non-hydrogen) atoms. The van der Waals surface area contributed by atoms with Crippen molar-refractivity contribution >= 4 is 11.0 Å². The summed E-state index contributed by atoms with van der Waals surface area (Å²) in [6, 6.07) is 63.4. The third-order valence-corrected chi connectivity index (χ3v) is 13.2. The highest BCUT2D eigenvalue weighted by Crippen LogP contribution is 2.46. The van der Waals surface area contributed by atoms with Crippen molar-refractivity contribution in [1.82, 2.24) is 14.5 Å². The Bertz CT molecular complexity index is 3830. The molecule has 0 saturated heterocycles. The number of imidazole rings is 1. The third-order valence-electron chi connectivity index (χ3n) is 13.2. The number of nitrogens with zero attached hydrogens (tertiary/aromatic N) is 3. The monoisotopic (exact) mass is 921 g/mol. The van der Waals surface area contributed by atoms with Gasteiger partial charge in [0.05, 0.1) is 28.0 Å². The van der Waals surface area contributed by atoms with Crippen LogP contribution in [0.3, 0.4) is 0 Å². The molecule has 4 nitrogen and oxygen atoms in total. The van der Waals surface area contributed by atoms with Crippen LogP contribution < -0.4 is 0 Å². The summed E-state index contributed by atoms with van der Waals surface area (Å²) in [5.74, 6) is 0.746. The second-order valence-corrected chi connectivity index (χ2v) is 20.3.